The number of aromatic amines is 4. The molecule has 8 aromatic carbocycles. The number of benzene rings is 8. The van der Waals surface area contributed by atoms with E-state index in [1.807, 2.05) is 196 Å². The summed E-state index contributed by atoms with van der Waals surface area (Å²) in [7, 11) is 5.62. The van der Waals surface area contributed by atoms with Crippen molar-refractivity contribution in [2.45, 2.75) is 33.7 Å². The van der Waals surface area contributed by atoms with E-state index in [1.54, 1.807) is 64.7 Å². The summed E-state index contributed by atoms with van der Waals surface area (Å²) < 4.78 is 7.28. The van der Waals surface area contributed by atoms with Crippen molar-refractivity contribution in [3.05, 3.63) is 312 Å². The van der Waals surface area contributed by atoms with Crippen molar-refractivity contribution in [3.8, 4) is 108 Å². The Kier molecular flexibility index (Phi) is 19.3. The highest BCUT2D eigenvalue weighted by molar-refractivity contribution is 5.98. The molecule has 26 heteroatoms. The van der Waals surface area contributed by atoms with E-state index < -0.39 is 0 Å². The molecule has 12 heterocycles. The van der Waals surface area contributed by atoms with Crippen LogP contribution >= 0.6 is 0 Å². The van der Waals surface area contributed by atoms with Gasteiger partial charge in [-0.25, -0.2) is 39.0 Å². The van der Waals surface area contributed by atoms with E-state index in [0.29, 0.717) is 72.2 Å². The number of nitriles is 3. The minimum Gasteiger partial charge on any atom is -0.346 e. The zero-order chi connectivity index (χ0) is 81.6. The van der Waals surface area contributed by atoms with Crippen LogP contribution in [0.2, 0.25) is 0 Å². The van der Waals surface area contributed by atoms with Gasteiger partial charge in [-0.3, -0.25) is 19.2 Å². The Balaban J connectivity index is 0.000000113. The van der Waals surface area contributed by atoms with Gasteiger partial charge in [0.05, 0.1) is 113 Å². The first-order valence-corrected chi connectivity index (χ1v) is 37.4. The number of aromatic nitrogens is 19. The number of hydrogen-bond acceptors (Lipinski definition) is 18. The minimum absolute atomic E-state index is 0.0536. The zero-order valence-corrected chi connectivity index (χ0v) is 64.4. The highest BCUT2D eigenvalue weighted by atomic mass is 16.1. The number of fused-ring (bicyclic) bond motifs is 8. The maximum Gasteiger partial charge on any atom is 0.191 e. The topological polar surface area (TPSA) is 364 Å². The van der Waals surface area contributed by atoms with Gasteiger partial charge in [0, 0.05) is 121 Å². The highest BCUT2D eigenvalue weighted by Gasteiger charge is 2.23. The Morgan fingerprint density at radius 2 is 0.729 bits per heavy atom. The van der Waals surface area contributed by atoms with Crippen LogP contribution in [0.1, 0.15) is 47.7 Å². The molecule has 0 radical (unpaired) electrons. The highest BCUT2D eigenvalue weighted by Crippen LogP contribution is 2.41. The fourth-order valence-corrected chi connectivity index (χ4v) is 14.7. The van der Waals surface area contributed by atoms with Gasteiger partial charge >= 0.3 is 0 Å². The average Bonchev–Trinajstić information content (AvgIpc) is 1.10. The fourth-order valence-electron chi connectivity index (χ4n) is 14.7. The van der Waals surface area contributed by atoms with Gasteiger partial charge in [-0.2, -0.15) is 15.8 Å². The van der Waals surface area contributed by atoms with Crippen molar-refractivity contribution in [1.82, 2.24) is 94.4 Å². The van der Waals surface area contributed by atoms with Gasteiger partial charge in [0.15, 0.2) is 21.7 Å². The number of pyridine rings is 8. The quantitative estimate of drug-likeness (QED) is 0.104. The second-order valence-corrected chi connectivity index (χ2v) is 28.5. The summed E-state index contributed by atoms with van der Waals surface area (Å²) in [5.74, 6) is 0. The van der Waals surface area contributed by atoms with Crippen molar-refractivity contribution in [2.24, 2.45) is 21.1 Å². The zero-order valence-electron chi connectivity index (χ0n) is 64.4. The number of nitrogens with one attached hydrogen (secondary N) is 4. The molecule has 0 spiro atoms. The standard InChI is InChI=1S/C24H17N5O.C23H16N6O.C23H19N5O.C22H14N6O/c1-14-16(12-25)4-3-5-17(14)23-18(11-19-22(30)8-9-26-24(19)28-23)15-6-7-20-21(10-15)29(2)13-27-20;1-13-15(12-24)4-3-5-16(13)22-17(11-18-21(30)8-9-25-23(18)26-22)14-6-7-19-20(10-14)29(2)28-27-19;1-14(2)28-20-12-16(8-9-19(20)26-27-28)17-13-18-21(29)10-11-24-23(18)25-22(17)15-6-4-3-5-7-15;1-28-19-10-14(5-6-18(19)26-27-28)16-11-17-20(29)7-8-24-22(17)25-21(16)15-4-2-3-13(9-15)12-23/h3-11,13H,1-2H3,(H,26,28,30);3-11H,1-2H3,(H,25,26,30);3-14H,1-2H3,(H,24,25,29);2-11H,1H3,(H,24,25,29). The average molecular weight is 1540 g/mol. The summed E-state index contributed by atoms with van der Waals surface area (Å²) in [5.41, 5.74) is 25.7. The van der Waals surface area contributed by atoms with Crippen LogP contribution in [-0.4, -0.2) is 94.4 Å². The molecule has 4 N–H and O–H groups in total. The Morgan fingerprint density at radius 1 is 0.347 bits per heavy atom. The predicted molar refractivity (Wildman–Crippen MR) is 456 cm³/mol. The van der Waals surface area contributed by atoms with E-state index >= 15 is 0 Å². The lowest BCUT2D eigenvalue weighted by Crippen LogP contribution is -2.04. The monoisotopic (exact) mass is 1540 g/mol. The van der Waals surface area contributed by atoms with Gasteiger partial charge < -0.3 is 24.5 Å². The molecule has 0 aliphatic rings. The lowest BCUT2D eigenvalue weighted by Gasteiger charge is -2.14. The molecule has 0 saturated carbocycles. The summed E-state index contributed by atoms with van der Waals surface area (Å²) in [5, 5.41) is 55.3. The van der Waals surface area contributed by atoms with Gasteiger partial charge in [0.25, 0.3) is 0 Å². The Bertz CT molecular complexity index is 7620. The molecule has 0 fully saturated rings. The molecule has 20 rings (SSSR count). The molecular weight excluding hydrogens is 1480 g/mol. The molecule has 0 bridgehead atoms. The van der Waals surface area contributed by atoms with E-state index in [9.17, 15) is 35.0 Å². The van der Waals surface area contributed by atoms with Gasteiger partial charge in [-0.1, -0.05) is 107 Å². The third-order valence-corrected chi connectivity index (χ3v) is 20.9. The van der Waals surface area contributed by atoms with Crippen molar-refractivity contribution in [2.75, 3.05) is 0 Å². The number of H-pyrrole nitrogens is 4. The summed E-state index contributed by atoms with van der Waals surface area (Å²) >= 11 is 0. The second kappa shape index (κ2) is 30.8. The summed E-state index contributed by atoms with van der Waals surface area (Å²) in [6, 6.07) is 72.5. The number of nitrogens with zero attached hydrogens (tertiary/aromatic N) is 18. The number of hydrogen-bond donors (Lipinski definition) is 4. The number of rotatable bonds is 9. The molecule has 12 aromatic heterocycles. The first-order chi connectivity index (χ1) is 57.4. The Labute approximate surface area is 669 Å². The molecule has 118 heavy (non-hydrogen) atoms. The van der Waals surface area contributed by atoms with Crippen LogP contribution in [0.4, 0.5) is 0 Å². The van der Waals surface area contributed by atoms with Crippen molar-refractivity contribution in [1.29, 1.82) is 15.8 Å². The van der Waals surface area contributed by atoms with Crippen LogP contribution < -0.4 is 21.7 Å². The molecule has 0 aliphatic carbocycles. The van der Waals surface area contributed by atoms with E-state index in [4.69, 9.17) is 19.9 Å². The smallest absolute Gasteiger partial charge is 0.191 e. The van der Waals surface area contributed by atoms with Crippen LogP contribution in [0.5, 0.6) is 0 Å². The van der Waals surface area contributed by atoms with Crippen LogP contribution in [0.3, 0.4) is 0 Å². The molecule has 20 aromatic rings. The maximum atomic E-state index is 12.5. The molecule has 26 nitrogen and oxygen atoms in total. The molecule has 0 unspecified atom stereocenters. The molecule has 568 valence electrons. The van der Waals surface area contributed by atoms with E-state index in [1.165, 1.54) is 24.3 Å². The van der Waals surface area contributed by atoms with Crippen LogP contribution in [0, 0.1) is 47.8 Å². The Hall–Kier alpha value is -16.7. The summed E-state index contributed by atoms with van der Waals surface area (Å²) in [6.45, 7) is 7.98. The van der Waals surface area contributed by atoms with E-state index in [0.717, 1.165) is 133 Å². The Morgan fingerprint density at radius 3 is 1.17 bits per heavy atom. The summed E-state index contributed by atoms with van der Waals surface area (Å²) in [4.78, 5) is 85.7. The van der Waals surface area contributed by atoms with Crippen molar-refractivity contribution in [3.63, 3.8) is 0 Å². The van der Waals surface area contributed by atoms with Gasteiger partial charge in [-0.05, 0) is 158 Å². The molecule has 0 saturated heterocycles. The number of imidazole rings is 1. The molecule has 0 amide bonds. The van der Waals surface area contributed by atoms with Gasteiger partial charge in [0.1, 0.15) is 39.1 Å². The predicted octanol–water partition coefficient (Wildman–Crippen LogP) is 16.0. The van der Waals surface area contributed by atoms with Crippen LogP contribution in [0.25, 0.3) is 178 Å². The second-order valence-electron chi connectivity index (χ2n) is 28.5. The fraction of sp³-hybridized carbons (Fsp3) is 0.0870. The third kappa shape index (κ3) is 13.9. The van der Waals surface area contributed by atoms with E-state index in [-0.39, 0.29) is 27.8 Å². The van der Waals surface area contributed by atoms with Crippen LogP contribution in [0.15, 0.2) is 263 Å². The van der Waals surface area contributed by atoms with Crippen molar-refractivity contribution >= 4 is 88.3 Å². The molecule has 0 aliphatic heterocycles. The van der Waals surface area contributed by atoms with Gasteiger partial charge in [-0.15, -0.1) is 15.3 Å². The van der Waals surface area contributed by atoms with Gasteiger partial charge in [0.2, 0.25) is 0 Å². The van der Waals surface area contributed by atoms with Crippen LogP contribution in [-0.2, 0) is 21.1 Å². The lowest BCUT2D eigenvalue weighted by molar-refractivity contribution is 0.530. The maximum absolute atomic E-state index is 12.5. The SMILES string of the molecule is CC(C)n1nnc2ccc(-c3cc4c(=O)cc[nH]c4nc3-c3ccccc3)cc21.Cc1c(C#N)cccc1-c1nc2[nH]ccc(=O)c2cc1-c1ccc2ncn(C)c2c1.Cc1c(C#N)cccc1-c1nc2[nH]ccc(=O)c2cc1-c1ccc2nnn(C)c2c1.Cn1nnc2ccc(-c3cc4c(=O)cc[nH]c4nc3-c3cccc(C#N)c3)cc21. The minimum atomic E-state index is -0.104. The van der Waals surface area contributed by atoms with E-state index in [2.05, 4.69) is 100 Å². The normalized spacial score (nSPS) is 11.2. The first-order valence-electron chi connectivity index (χ1n) is 37.4. The molecule has 0 atom stereocenters. The summed E-state index contributed by atoms with van der Waals surface area (Å²) in [6.07, 6.45) is 8.18. The molecular formula is C92H66N22O4. The lowest BCUT2D eigenvalue weighted by atomic mass is 9.93. The first kappa shape index (κ1) is 74.1. The largest absolute Gasteiger partial charge is 0.346 e. The van der Waals surface area contributed by atoms with Crippen molar-refractivity contribution < 1.29 is 0 Å². The number of aryl methyl sites for hydroxylation is 3. The third-order valence-electron chi connectivity index (χ3n) is 20.9.